The third kappa shape index (κ3) is 3.26. The normalized spacial score (nSPS) is 11.6. The molecule has 0 aromatic heterocycles. The van der Waals surface area contributed by atoms with Gasteiger partial charge in [-0.1, -0.05) is 42.5 Å². The lowest BCUT2D eigenvalue weighted by molar-refractivity contribution is 0.479. The van der Waals surface area contributed by atoms with E-state index in [1.807, 2.05) is 68.4 Å². The van der Waals surface area contributed by atoms with Crippen LogP contribution in [0.15, 0.2) is 65.7 Å². The molecule has 0 radical (unpaired) electrons. The number of nitrogens with zero attached hydrogens (tertiary/aromatic N) is 1. The van der Waals surface area contributed by atoms with Crippen molar-refractivity contribution in [2.75, 3.05) is 12.8 Å². The van der Waals surface area contributed by atoms with Gasteiger partial charge in [0.1, 0.15) is 5.75 Å². The predicted molar refractivity (Wildman–Crippen MR) is 106 cm³/mol. The molecule has 0 spiro atoms. The summed E-state index contributed by atoms with van der Waals surface area (Å²) in [5.41, 5.74) is 13.2. The number of hydrogen-bond donors (Lipinski definition) is 2. The summed E-state index contributed by atoms with van der Waals surface area (Å²) in [6.07, 6.45) is 0. The first-order valence-electron chi connectivity index (χ1n) is 8.24. The van der Waals surface area contributed by atoms with Gasteiger partial charge in [0.05, 0.1) is 0 Å². The van der Waals surface area contributed by atoms with E-state index in [9.17, 15) is 5.11 Å². The topological polar surface area (TPSA) is 58.6 Å². The highest BCUT2D eigenvalue weighted by Gasteiger charge is 2.12. The maximum atomic E-state index is 10.9. The highest BCUT2D eigenvalue weighted by atomic mass is 16.3. The average molecular weight is 330 g/mol. The van der Waals surface area contributed by atoms with E-state index in [0.717, 1.165) is 44.8 Å². The van der Waals surface area contributed by atoms with Gasteiger partial charge in [0.15, 0.2) is 0 Å². The minimum Gasteiger partial charge on any atom is -0.507 e. The smallest absolute Gasteiger partial charge is 0.131 e. The Bertz CT molecular complexity index is 958. The first-order chi connectivity index (χ1) is 12.0. The van der Waals surface area contributed by atoms with Gasteiger partial charge >= 0.3 is 0 Å². The maximum Gasteiger partial charge on any atom is 0.131 e. The molecule has 3 rings (SSSR count). The van der Waals surface area contributed by atoms with Gasteiger partial charge < -0.3 is 10.8 Å². The molecule has 0 aliphatic rings. The number of hydrogen-bond acceptors (Lipinski definition) is 3. The number of nitrogens with two attached hydrogens (primary N) is 1. The third-order valence-corrected chi connectivity index (χ3v) is 4.54. The number of rotatable bonds is 3. The van der Waals surface area contributed by atoms with Crippen molar-refractivity contribution in [3.8, 4) is 28.0 Å². The summed E-state index contributed by atoms with van der Waals surface area (Å²) >= 11 is 0. The number of para-hydroxylation sites is 1. The molecule has 3 N–H and O–H groups in total. The molecular weight excluding hydrogens is 308 g/mol. The van der Waals surface area contributed by atoms with Crippen molar-refractivity contribution < 1.29 is 5.11 Å². The van der Waals surface area contributed by atoms with Crippen LogP contribution >= 0.6 is 0 Å². The summed E-state index contributed by atoms with van der Waals surface area (Å²) in [4.78, 5) is 4.24. The number of nitrogen functional groups attached to an aromatic ring is 1. The Morgan fingerprint density at radius 1 is 0.920 bits per heavy atom. The average Bonchev–Trinajstić information content (AvgIpc) is 2.63. The van der Waals surface area contributed by atoms with Crippen LogP contribution in [0, 0.1) is 6.92 Å². The van der Waals surface area contributed by atoms with Crippen LogP contribution < -0.4 is 5.73 Å². The van der Waals surface area contributed by atoms with Gasteiger partial charge in [-0.2, -0.15) is 0 Å². The second-order valence-corrected chi connectivity index (χ2v) is 6.16. The van der Waals surface area contributed by atoms with Crippen molar-refractivity contribution in [3.05, 3.63) is 71.8 Å². The van der Waals surface area contributed by atoms with Gasteiger partial charge in [-0.25, -0.2) is 0 Å². The molecule has 25 heavy (non-hydrogen) atoms. The minimum atomic E-state index is 0.273. The number of anilines is 1. The molecule has 126 valence electrons. The van der Waals surface area contributed by atoms with E-state index in [1.165, 1.54) is 0 Å². The Kier molecular flexibility index (Phi) is 4.57. The van der Waals surface area contributed by atoms with E-state index in [2.05, 4.69) is 11.1 Å². The van der Waals surface area contributed by atoms with Crippen LogP contribution in [0.1, 0.15) is 18.1 Å². The fraction of sp³-hybridized carbons (Fsp3) is 0.136. The predicted octanol–water partition coefficient (Wildman–Crippen LogP) is 5.06. The monoisotopic (exact) mass is 330 g/mol. The largest absolute Gasteiger partial charge is 0.507 e. The molecule has 0 atom stereocenters. The lowest BCUT2D eigenvalue weighted by Gasteiger charge is -2.12. The molecule has 0 heterocycles. The quantitative estimate of drug-likeness (QED) is 0.521. The van der Waals surface area contributed by atoms with E-state index in [4.69, 9.17) is 5.73 Å². The number of phenols is 1. The lowest BCUT2D eigenvalue weighted by Crippen LogP contribution is -1.94. The van der Waals surface area contributed by atoms with Crippen molar-refractivity contribution in [3.63, 3.8) is 0 Å². The van der Waals surface area contributed by atoms with E-state index in [0.29, 0.717) is 0 Å². The first kappa shape index (κ1) is 16.8. The molecule has 0 aliphatic carbocycles. The molecule has 3 aromatic carbocycles. The Labute approximate surface area is 148 Å². The molecule has 0 saturated heterocycles. The number of aliphatic imine (C=N–C) groups is 1. The van der Waals surface area contributed by atoms with Gasteiger partial charge in [-0.05, 0) is 54.3 Å². The molecule has 3 nitrogen and oxygen atoms in total. The van der Waals surface area contributed by atoms with Crippen LogP contribution in [-0.4, -0.2) is 17.9 Å². The molecule has 3 aromatic rings. The molecule has 0 bridgehead atoms. The minimum absolute atomic E-state index is 0.273. The van der Waals surface area contributed by atoms with E-state index in [1.54, 1.807) is 7.05 Å². The molecule has 0 aliphatic heterocycles. The third-order valence-electron chi connectivity index (χ3n) is 4.54. The molecule has 0 unspecified atom stereocenters. The summed E-state index contributed by atoms with van der Waals surface area (Å²) in [6.45, 7) is 3.95. The van der Waals surface area contributed by atoms with Gasteiger partial charge in [-0.15, -0.1) is 0 Å². The van der Waals surface area contributed by atoms with Crippen LogP contribution in [0.2, 0.25) is 0 Å². The molecule has 0 fully saturated rings. The Balaban J connectivity index is 2.12. The SMILES string of the molecule is CN=C(C)c1cccc(-c2cccc(-c3ccc(N)c(C)c3)c2O)c1. The fourth-order valence-corrected chi connectivity index (χ4v) is 2.89. The van der Waals surface area contributed by atoms with Crippen LogP contribution in [0.5, 0.6) is 5.75 Å². The summed E-state index contributed by atoms with van der Waals surface area (Å²) in [6, 6.07) is 19.7. The zero-order valence-corrected chi connectivity index (χ0v) is 14.7. The van der Waals surface area contributed by atoms with Crippen LogP contribution in [0.3, 0.4) is 0 Å². The molecule has 0 saturated carbocycles. The highest BCUT2D eigenvalue weighted by molar-refractivity contribution is 6.00. The van der Waals surface area contributed by atoms with Crippen molar-refractivity contribution >= 4 is 11.4 Å². The van der Waals surface area contributed by atoms with Crippen molar-refractivity contribution in [1.82, 2.24) is 0 Å². The maximum absolute atomic E-state index is 10.9. The summed E-state index contributed by atoms with van der Waals surface area (Å²) in [5.74, 6) is 0.273. The summed E-state index contributed by atoms with van der Waals surface area (Å²) in [7, 11) is 1.78. The van der Waals surface area contributed by atoms with Crippen LogP contribution in [-0.2, 0) is 0 Å². The summed E-state index contributed by atoms with van der Waals surface area (Å²) in [5, 5.41) is 10.9. The van der Waals surface area contributed by atoms with Gasteiger partial charge in [-0.3, -0.25) is 4.99 Å². The Morgan fingerprint density at radius 2 is 1.56 bits per heavy atom. The number of aromatic hydroxyl groups is 1. The van der Waals surface area contributed by atoms with E-state index < -0.39 is 0 Å². The number of phenolic OH excluding ortho intramolecular Hbond substituents is 1. The summed E-state index contributed by atoms with van der Waals surface area (Å²) < 4.78 is 0. The number of aryl methyl sites for hydroxylation is 1. The van der Waals surface area contributed by atoms with Crippen LogP contribution in [0.4, 0.5) is 5.69 Å². The highest BCUT2D eigenvalue weighted by Crippen LogP contribution is 2.38. The van der Waals surface area contributed by atoms with E-state index >= 15 is 0 Å². The van der Waals surface area contributed by atoms with Crippen molar-refractivity contribution in [1.29, 1.82) is 0 Å². The molecular formula is C22H22N2O. The van der Waals surface area contributed by atoms with Crippen LogP contribution in [0.25, 0.3) is 22.3 Å². The Hall–Kier alpha value is -3.07. The van der Waals surface area contributed by atoms with Gasteiger partial charge in [0.25, 0.3) is 0 Å². The standard InChI is InChI=1S/C22H22N2O/c1-14-12-18(10-11-21(14)23)20-9-5-8-19(22(20)25)17-7-4-6-16(13-17)15(2)24-3/h4-13,25H,23H2,1-3H3. The molecule has 3 heteroatoms. The second kappa shape index (κ2) is 6.81. The van der Waals surface area contributed by atoms with Crippen molar-refractivity contribution in [2.45, 2.75) is 13.8 Å². The zero-order valence-electron chi connectivity index (χ0n) is 14.7. The zero-order chi connectivity index (χ0) is 18.0. The second-order valence-electron chi connectivity index (χ2n) is 6.16. The lowest BCUT2D eigenvalue weighted by atomic mass is 9.95. The van der Waals surface area contributed by atoms with Gasteiger partial charge in [0.2, 0.25) is 0 Å². The van der Waals surface area contributed by atoms with E-state index in [-0.39, 0.29) is 5.75 Å². The van der Waals surface area contributed by atoms with Gasteiger partial charge in [0, 0.05) is 29.6 Å². The fourth-order valence-electron chi connectivity index (χ4n) is 2.89. The first-order valence-corrected chi connectivity index (χ1v) is 8.24. The number of benzene rings is 3. The molecule has 0 amide bonds. The Morgan fingerprint density at radius 3 is 2.20 bits per heavy atom. The van der Waals surface area contributed by atoms with Crippen molar-refractivity contribution in [2.24, 2.45) is 4.99 Å².